The van der Waals surface area contributed by atoms with Crippen LogP contribution in [-0.2, 0) is 14.3 Å². The van der Waals surface area contributed by atoms with E-state index < -0.39 is 21.7 Å². The largest absolute Gasteiger partial charge is 0.523 e. The van der Waals surface area contributed by atoms with E-state index in [-0.39, 0.29) is 6.42 Å². The maximum absolute atomic E-state index is 12.7. The topological polar surface area (TPSA) is 98.1 Å². The van der Waals surface area contributed by atoms with Crippen LogP contribution in [-0.4, -0.2) is 65.8 Å². The smallest absolute Gasteiger partial charge is 0.492 e. The minimum atomic E-state index is -5.72. The maximum atomic E-state index is 12.7. The second kappa shape index (κ2) is 10.8. The van der Waals surface area contributed by atoms with Gasteiger partial charge in [-0.2, -0.15) is 26.6 Å². The third-order valence-corrected chi connectivity index (χ3v) is 7.27. The minimum Gasteiger partial charge on any atom is -0.492 e. The van der Waals surface area contributed by atoms with Gasteiger partial charge in [-0.1, -0.05) is 18.2 Å². The van der Waals surface area contributed by atoms with Crippen LogP contribution in [0.4, 0.5) is 24.8 Å². The van der Waals surface area contributed by atoms with Crippen LogP contribution in [0.15, 0.2) is 60.7 Å². The number of nitrogens with one attached hydrogen (secondary N) is 1. The van der Waals surface area contributed by atoms with Crippen LogP contribution in [0.5, 0.6) is 5.75 Å². The van der Waals surface area contributed by atoms with Gasteiger partial charge < -0.3 is 10.1 Å². The summed E-state index contributed by atoms with van der Waals surface area (Å²) >= 11 is 0. The highest BCUT2D eigenvalue weighted by atomic mass is 32.2. The fraction of sp³-hybridized carbons (Fsp3) is 0.360. The molecule has 5 rings (SSSR count). The van der Waals surface area contributed by atoms with Crippen molar-refractivity contribution in [3.05, 3.63) is 66.4 Å². The fourth-order valence-corrected chi connectivity index (χ4v) is 4.92. The van der Waals surface area contributed by atoms with Crippen molar-refractivity contribution in [2.24, 2.45) is 0 Å². The van der Waals surface area contributed by atoms with Gasteiger partial charge in [0, 0.05) is 12.2 Å². The predicted molar refractivity (Wildman–Crippen MR) is 135 cm³/mol. The Hall–Kier alpha value is -3.42. The second-order valence-corrected chi connectivity index (χ2v) is 10.5. The number of allylic oxidation sites excluding steroid dienone is 2. The number of nitrogens with zero attached hydrogens (tertiary/aromatic N) is 4. The van der Waals surface area contributed by atoms with E-state index in [9.17, 15) is 21.6 Å². The normalized spacial score (nSPS) is 18.6. The number of alkyl halides is 3. The van der Waals surface area contributed by atoms with E-state index in [1.165, 1.54) is 23.4 Å². The number of ether oxygens (including phenoxy) is 1. The molecule has 0 radical (unpaired) electrons. The molecule has 1 N–H and O–H groups in total. The third-order valence-electron chi connectivity index (χ3n) is 6.21. The van der Waals surface area contributed by atoms with Crippen LogP contribution in [0.2, 0.25) is 0 Å². The first-order valence-electron chi connectivity index (χ1n) is 12.1. The van der Waals surface area contributed by atoms with Crippen molar-refractivity contribution >= 4 is 33.0 Å². The first kappa shape index (κ1) is 26.2. The minimum absolute atomic E-state index is 0.0169. The number of likely N-dealkylation sites (tertiary alicyclic amines) is 1. The summed E-state index contributed by atoms with van der Waals surface area (Å²) in [6, 6.07) is 12.6. The van der Waals surface area contributed by atoms with Crippen LogP contribution < -0.4 is 10.1 Å². The van der Waals surface area contributed by atoms with Gasteiger partial charge in [-0.15, -0.1) is 5.10 Å². The van der Waals surface area contributed by atoms with E-state index >= 15 is 0 Å². The zero-order chi connectivity index (χ0) is 26.8. The zero-order valence-corrected chi connectivity index (χ0v) is 21.1. The number of aromatic nitrogens is 3. The van der Waals surface area contributed by atoms with Crippen molar-refractivity contribution in [1.82, 2.24) is 19.5 Å². The summed E-state index contributed by atoms with van der Waals surface area (Å²) in [4.78, 5) is 6.85. The highest BCUT2D eigenvalue weighted by Gasteiger charge is 2.48. The highest BCUT2D eigenvalue weighted by molar-refractivity contribution is 7.87. The monoisotopic (exact) mass is 549 g/mol. The van der Waals surface area contributed by atoms with Crippen molar-refractivity contribution in [3.8, 4) is 5.75 Å². The number of hydrogen-bond acceptors (Lipinski definition) is 8. The molecule has 1 unspecified atom stereocenters. The van der Waals surface area contributed by atoms with Crippen LogP contribution in [0, 0.1) is 0 Å². The Morgan fingerprint density at radius 1 is 1.08 bits per heavy atom. The molecular weight excluding hydrogens is 523 g/mol. The van der Waals surface area contributed by atoms with Crippen molar-refractivity contribution in [3.63, 3.8) is 0 Å². The lowest BCUT2D eigenvalue weighted by Gasteiger charge is -2.18. The van der Waals surface area contributed by atoms with E-state index in [0.717, 1.165) is 31.1 Å². The quantitative estimate of drug-likeness (QED) is 0.307. The molecule has 38 heavy (non-hydrogen) atoms. The molecule has 1 aliphatic heterocycles. The average Bonchev–Trinajstić information content (AvgIpc) is 3.54. The summed E-state index contributed by atoms with van der Waals surface area (Å²) in [5, 5.41) is 7.62. The van der Waals surface area contributed by atoms with Crippen LogP contribution >= 0.6 is 0 Å². The molecule has 13 heteroatoms. The Balaban J connectivity index is 1.27. The van der Waals surface area contributed by atoms with Gasteiger partial charge in [-0.3, -0.25) is 9.08 Å². The molecule has 9 nitrogen and oxygen atoms in total. The zero-order valence-electron chi connectivity index (χ0n) is 20.3. The molecule has 3 aromatic rings. The summed E-state index contributed by atoms with van der Waals surface area (Å²) in [7, 11) is -5.72. The molecule has 1 aromatic carbocycles. The van der Waals surface area contributed by atoms with Gasteiger partial charge in [-0.25, -0.2) is 4.52 Å². The van der Waals surface area contributed by atoms with Gasteiger partial charge in [0.25, 0.3) is 0 Å². The summed E-state index contributed by atoms with van der Waals surface area (Å²) < 4.78 is 72.9. The predicted octanol–water partition coefficient (Wildman–Crippen LogP) is 4.53. The first-order valence-corrected chi connectivity index (χ1v) is 13.6. The third kappa shape index (κ3) is 6.00. The maximum Gasteiger partial charge on any atom is 0.523 e. The lowest BCUT2D eigenvalue weighted by Crippen LogP contribution is -2.29. The summed E-state index contributed by atoms with van der Waals surface area (Å²) in [5.41, 5.74) is -3.29. The van der Waals surface area contributed by atoms with Crippen molar-refractivity contribution in [2.45, 2.75) is 30.9 Å². The number of fused-ring (bicyclic) bond motifs is 1. The summed E-state index contributed by atoms with van der Waals surface area (Å²) in [6.45, 7) is 3.79. The Morgan fingerprint density at radius 3 is 2.58 bits per heavy atom. The molecular formula is C25H26F3N5O4S. The lowest BCUT2D eigenvalue weighted by molar-refractivity contribution is -0.0559. The molecule has 3 heterocycles. The van der Waals surface area contributed by atoms with Crippen LogP contribution in [0.3, 0.4) is 0 Å². The van der Waals surface area contributed by atoms with Crippen molar-refractivity contribution in [2.75, 3.05) is 31.6 Å². The lowest BCUT2D eigenvalue weighted by atomic mass is 10.0. The fourth-order valence-electron chi connectivity index (χ4n) is 4.35. The van der Waals surface area contributed by atoms with E-state index in [2.05, 4.69) is 24.5 Å². The number of hydrogen-bond donors (Lipinski definition) is 1. The molecule has 0 saturated carbocycles. The molecule has 1 atom stereocenters. The van der Waals surface area contributed by atoms with E-state index in [4.69, 9.17) is 4.74 Å². The standard InChI is InChI=1S/C25H26F3N5O4S/c26-25(27,28)38(34,35)37-21-6-3-5-18(17-21)22-7-4-8-23-30-24(31-33(22)23)29-19-9-11-20(12-10-19)36-16-15-32-13-1-2-14-32/h3-5,7-12,17,21H,1-2,6,13-16H2,(H,29,31). The summed E-state index contributed by atoms with van der Waals surface area (Å²) in [6.07, 6.45) is 5.73. The Bertz CT molecular complexity index is 1450. The molecule has 1 fully saturated rings. The van der Waals surface area contributed by atoms with E-state index in [0.29, 0.717) is 29.5 Å². The number of rotatable bonds is 9. The molecule has 2 aliphatic rings. The number of anilines is 2. The Labute approximate surface area is 217 Å². The first-order chi connectivity index (χ1) is 18.2. The van der Waals surface area contributed by atoms with Gasteiger partial charge in [0.2, 0.25) is 5.95 Å². The molecule has 0 amide bonds. The second-order valence-electron chi connectivity index (χ2n) is 8.96. The molecule has 202 valence electrons. The molecule has 1 aliphatic carbocycles. The number of pyridine rings is 1. The average molecular weight is 550 g/mol. The SMILES string of the molecule is O=S(=O)(OC1C=C(c2cccc3nc(Nc4ccc(OCCN5CCCC5)cc4)nn23)C=CC1)C(F)(F)F. The van der Waals surface area contributed by atoms with Crippen molar-refractivity contribution in [1.29, 1.82) is 0 Å². The van der Waals surface area contributed by atoms with Crippen LogP contribution in [0.1, 0.15) is 25.0 Å². The van der Waals surface area contributed by atoms with Gasteiger partial charge in [-0.05, 0) is 80.4 Å². The van der Waals surface area contributed by atoms with Crippen molar-refractivity contribution < 1.29 is 30.5 Å². The number of halogens is 3. The Kier molecular flexibility index (Phi) is 7.41. The van der Waals surface area contributed by atoms with E-state index in [1.54, 1.807) is 30.4 Å². The van der Waals surface area contributed by atoms with Gasteiger partial charge >= 0.3 is 15.6 Å². The number of benzene rings is 1. The molecule has 0 bridgehead atoms. The van der Waals surface area contributed by atoms with Crippen LogP contribution in [0.25, 0.3) is 11.2 Å². The Morgan fingerprint density at radius 2 is 1.84 bits per heavy atom. The molecule has 1 saturated heterocycles. The molecule has 2 aromatic heterocycles. The summed E-state index contributed by atoms with van der Waals surface area (Å²) in [5.74, 6) is 1.08. The van der Waals surface area contributed by atoms with Gasteiger partial charge in [0.15, 0.2) is 5.65 Å². The highest BCUT2D eigenvalue weighted by Crippen LogP contribution is 2.30. The van der Waals surface area contributed by atoms with E-state index in [1.807, 2.05) is 24.3 Å². The van der Waals surface area contributed by atoms with Gasteiger partial charge in [0.1, 0.15) is 12.4 Å². The van der Waals surface area contributed by atoms with Gasteiger partial charge in [0.05, 0.1) is 11.8 Å². The molecule has 0 spiro atoms.